The molecule has 3 heterocycles. The summed E-state index contributed by atoms with van der Waals surface area (Å²) in [4.78, 5) is 2.72. The van der Waals surface area contributed by atoms with Gasteiger partial charge >= 0.3 is 0 Å². The Morgan fingerprint density at radius 2 is 1.88 bits per heavy atom. The van der Waals surface area contributed by atoms with Gasteiger partial charge in [0.05, 0.1) is 14.2 Å². The molecule has 0 amide bonds. The zero-order valence-corrected chi connectivity index (χ0v) is 19.6. The van der Waals surface area contributed by atoms with Crippen LogP contribution in [0, 0.1) is 11.8 Å². The number of nitrogens with zero attached hydrogens (tertiary/aromatic N) is 1. The number of benzene rings is 2. The third kappa shape index (κ3) is 3.86. The van der Waals surface area contributed by atoms with Crippen LogP contribution in [-0.4, -0.2) is 43.9 Å². The second kappa shape index (κ2) is 8.95. The van der Waals surface area contributed by atoms with Crippen LogP contribution in [0.3, 0.4) is 0 Å². The van der Waals surface area contributed by atoms with Gasteiger partial charge < -0.3 is 19.9 Å². The van der Waals surface area contributed by atoms with Gasteiger partial charge in [-0.2, -0.15) is 0 Å². The Bertz CT molecular complexity index is 976. The highest BCUT2D eigenvalue weighted by Crippen LogP contribution is 2.46. The highest BCUT2D eigenvalue weighted by molar-refractivity contribution is 5.48. The maximum atomic E-state index is 10.3. The number of rotatable bonds is 5. The number of phenols is 1. The Hall–Kier alpha value is -2.24. The number of fused-ring (bicyclic) bond motifs is 4. The molecule has 0 saturated carbocycles. The molecule has 5 heteroatoms. The van der Waals surface area contributed by atoms with E-state index in [2.05, 4.69) is 41.4 Å². The second-order valence-corrected chi connectivity index (χ2v) is 9.70. The summed E-state index contributed by atoms with van der Waals surface area (Å²) in [6.07, 6.45) is 5.64. The molecule has 3 aliphatic rings. The molecule has 0 radical (unpaired) electrons. The maximum absolute atomic E-state index is 10.3. The summed E-state index contributed by atoms with van der Waals surface area (Å²) in [5.41, 5.74) is 5.52. The fourth-order valence-electron chi connectivity index (χ4n) is 6.38. The molecule has 2 aromatic carbocycles. The number of hydrogen-bond acceptors (Lipinski definition) is 5. The average Bonchev–Trinajstić information content (AvgIpc) is 2.82. The van der Waals surface area contributed by atoms with Gasteiger partial charge in [-0.25, -0.2) is 0 Å². The van der Waals surface area contributed by atoms with Gasteiger partial charge in [-0.05, 0) is 90.6 Å². The van der Waals surface area contributed by atoms with E-state index < -0.39 is 0 Å². The fraction of sp³-hybridized carbons (Fsp3) is 0.556. The minimum absolute atomic E-state index is 0.251. The molecule has 4 unspecified atom stereocenters. The molecule has 1 saturated heterocycles. The quantitative estimate of drug-likeness (QED) is 0.716. The van der Waals surface area contributed by atoms with Gasteiger partial charge in [0.25, 0.3) is 0 Å². The first-order valence-electron chi connectivity index (χ1n) is 12.1. The number of hydrogen-bond donors (Lipinski definition) is 2. The third-order valence-corrected chi connectivity index (χ3v) is 8.14. The standard InChI is InChI=1S/C27H36N2O3/c1-4-17-16-29-10-8-19-11-21(31-2)5-6-22(19)25(29)13-20(17)12-24-23-15-27(32-3)26(30)14-18(23)7-9-28-24/h5-6,11,14-15,17,20,24-25,28,30H,4,7-10,12-13,16H2,1-3H3. The van der Waals surface area contributed by atoms with Crippen molar-refractivity contribution >= 4 is 0 Å². The lowest BCUT2D eigenvalue weighted by Crippen LogP contribution is -2.46. The molecule has 4 atom stereocenters. The van der Waals surface area contributed by atoms with Crippen molar-refractivity contribution in [3.63, 3.8) is 0 Å². The van der Waals surface area contributed by atoms with Crippen molar-refractivity contribution in [2.24, 2.45) is 11.8 Å². The molecular weight excluding hydrogens is 400 g/mol. The largest absolute Gasteiger partial charge is 0.504 e. The van der Waals surface area contributed by atoms with Crippen molar-refractivity contribution in [3.05, 3.63) is 52.6 Å². The Morgan fingerprint density at radius 3 is 2.66 bits per heavy atom. The number of nitrogens with one attached hydrogen (secondary N) is 1. The molecule has 2 N–H and O–H groups in total. The number of piperidine rings is 1. The van der Waals surface area contributed by atoms with Crippen molar-refractivity contribution in [2.75, 3.05) is 33.9 Å². The molecule has 0 aromatic heterocycles. The van der Waals surface area contributed by atoms with E-state index >= 15 is 0 Å². The van der Waals surface area contributed by atoms with E-state index in [1.807, 2.05) is 6.07 Å². The van der Waals surface area contributed by atoms with Gasteiger partial charge in [-0.1, -0.05) is 19.4 Å². The highest BCUT2D eigenvalue weighted by Gasteiger charge is 2.39. The van der Waals surface area contributed by atoms with Crippen LogP contribution < -0.4 is 14.8 Å². The summed E-state index contributed by atoms with van der Waals surface area (Å²) in [5.74, 6) is 3.18. The monoisotopic (exact) mass is 436 g/mol. The van der Waals surface area contributed by atoms with Crippen molar-refractivity contribution in [1.82, 2.24) is 10.2 Å². The smallest absolute Gasteiger partial charge is 0.160 e. The molecule has 0 aliphatic carbocycles. The van der Waals surface area contributed by atoms with Crippen LogP contribution in [0.1, 0.15) is 60.5 Å². The summed E-state index contributed by atoms with van der Waals surface area (Å²) < 4.78 is 10.9. The van der Waals surface area contributed by atoms with Gasteiger partial charge in [0.15, 0.2) is 11.5 Å². The molecule has 5 nitrogen and oxygen atoms in total. The number of methoxy groups -OCH3 is 2. The van der Waals surface area contributed by atoms with Crippen molar-refractivity contribution in [3.8, 4) is 17.2 Å². The fourth-order valence-corrected chi connectivity index (χ4v) is 6.38. The van der Waals surface area contributed by atoms with Crippen LogP contribution in [0.4, 0.5) is 0 Å². The molecule has 32 heavy (non-hydrogen) atoms. The van der Waals surface area contributed by atoms with Gasteiger partial charge in [-0.3, -0.25) is 4.90 Å². The van der Waals surface area contributed by atoms with E-state index in [1.54, 1.807) is 14.2 Å². The first kappa shape index (κ1) is 21.6. The lowest BCUT2D eigenvalue weighted by Gasteiger charge is -2.48. The zero-order chi connectivity index (χ0) is 22.2. The Morgan fingerprint density at radius 1 is 1.03 bits per heavy atom. The van der Waals surface area contributed by atoms with Gasteiger partial charge in [0.2, 0.25) is 0 Å². The molecule has 0 bridgehead atoms. The van der Waals surface area contributed by atoms with Gasteiger partial charge in [-0.15, -0.1) is 0 Å². The minimum atomic E-state index is 0.251. The number of ether oxygens (including phenoxy) is 2. The molecule has 172 valence electrons. The Kier molecular flexibility index (Phi) is 6.04. The third-order valence-electron chi connectivity index (χ3n) is 8.14. The average molecular weight is 437 g/mol. The number of aromatic hydroxyl groups is 1. The van der Waals surface area contributed by atoms with E-state index in [1.165, 1.54) is 41.6 Å². The number of phenolic OH excluding ortho intramolecular Hbond substituents is 1. The topological polar surface area (TPSA) is 54.0 Å². The van der Waals surface area contributed by atoms with Gasteiger partial charge in [0.1, 0.15) is 5.75 Å². The molecule has 1 fully saturated rings. The van der Waals surface area contributed by atoms with Crippen LogP contribution in [0.25, 0.3) is 0 Å². The van der Waals surface area contributed by atoms with Crippen LogP contribution in [0.5, 0.6) is 17.2 Å². The lowest BCUT2D eigenvalue weighted by molar-refractivity contribution is 0.0436. The minimum Gasteiger partial charge on any atom is -0.504 e. The highest BCUT2D eigenvalue weighted by atomic mass is 16.5. The first-order chi connectivity index (χ1) is 15.6. The predicted octanol–water partition coefficient (Wildman–Crippen LogP) is 4.63. The van der Waals surface area contributed by atoms with Gasteiger partial charge in [0, 0.05) is 25.2 Å². The molecule has 5 rings (SSSR count). The molecular formula is C27H36N2O3. The molecule has 0 spiro atoms. The van der Waals surface area contributed by atoms with Crippen LogP contribution in [-0.2, 0) is 12.8 Å². The van der Waals surface area contributed by atoms with E-state index in [0.29, 0.717) is 23.8 Å². The van der Waals surface area contributed by atoms with Crippen LogP contribution in [0.2, 0.25) is 0 Å². The summed E-state index contributed by atoms with van der Waals surface area (Å²) >= 11 is 0. The lowest BCUT2D eigenvalue weighted by atomic mass is 9.72. The van der Waals surface area contributed by atoms with Crippen LogP contribution >= 0.6 is 0 Å². The summed E-state index contributed by atoms with van der Waals surface area (Å²) in [7, 11) is 3.38. The van der Waals surface area contributed by atoms with Crippen LogP contribution in [0.15, 0.2) is 30.3 Å². The summed E-state index contributed by atoms with van der Waals surface area (Å²) in [6, 6.07) is 11.5. The van der Waals surface area contributed by atoms with E-state index in [-0.39, 0.29) is 5.75 Å². The van der Waals surface area contributed by atoms with Crippen molar-refractivity contribution < 1.29 is 14.6 Å². The summed E-state index contributed by atoms with van der Waals surface area (Å²) in [6.45, 7) is 5.65. The van der Waals surface area contributed by atoms with Crippen molar-refractivity contribution in [2.45, 2.75) is 51.1 Å². The Labute approximate surface area is 191 Å². The molecule has 2 aromatic rings. The first-order valence-corrected chi connectivity index (χ1v) is 12.1. The Balaban J connectivity index is 1.41. The summed E-state index contributed by atoms with van der Waals surface area (Å²) in [5, 5.41) is 14.0. The van der Waals surface area contributed by atoms with E-state index in [9.17, 15) is 5.11 Å². The van der Waals surface area contributed by atoms with Crippen molar-refractivity contribution in [1.29, 1.82) is 0 Å². The SMILES string of the molecule is CCC1CN2CCc3cc(OC)ccc3C2CC1CC1NCCc2cc(O)c(OC)cc21. The maximum Gasteiger partial charge on any atom is 0.160 e. The normalized spacial score (nSPS) is 27.2. The van der Waals surface area contributed by atoms with E-state index in [0.717, 1.165) is 44.0 Å². The zero-order valence-electron chi connectivity index (χ0n) is 19.6. The second-order valence-electron chi connectivity index (χ2n) is 9.70. The van der Waals surface area contributed by atoms with E-state index in [4.69, 9.17) is 9.47 Å². The molecule has 3 aliphatic heterocycles. The predicted molar refractivity (Wildman–Crippen MR) is 127 cm³/mol.